The van der Waals surface area contributed by atoms with Crippen LogP contribution in [0.1, 0.15) is 31.4 Å². The normalized spacial score (nSPS) is 21.5. The Morgan fingerprint density at radius 1 is 1.47 bits per heavy atom. The van der Waals surface area contributed by atoms with Crippen LogP contribution >= 0.6 is 11.8 Å². The number of hydrogen-bond acceptors (Lipinski definition) is 3. The molecule has 1 aromatic carbocycles. The Bertz CT molecular complexity index is 417. The molecule has 2 rings (SSSR count). The number of benzene rings is 1. The average Bonchev–Trinajstić information content (AvgIpc) is 2.38. The van der Waals surface area contributed by atoms with Crippen molar-refractivity contribution in [2.75, 3.05) is 23.7 Å². The monoisotopic (exact) mass is 278 g/mol. The van der Waals surface area contributed by atoms with Gasteiger partial charge in [-0.3, -0.25) is 0 Å². The summed E-state index contributed by atoms with van der Waals surface area (Å²) < 4.78 is 0. The van der Waals surface area contributed by atoms with Crippen LogP contribution in [0.25, 0.3) is 0 Å². The molecule has 1 fully saturated rings. The van der Waals surface area contributed by atoms with Crippen molar-refractivity contribution in [3.05, 3.63) is 29.3 Å². The Morgan fingerprint density at radius 2 is 2.26 bits per heavy atom. The number of rotatable bonds is 4. The van der Waals surface area contributed by atoms with Gasteiger partial charge in [-0.05, 0) is 38.3 Å². The fourth-order valence-corrected chi connectivity index (χ4v) is 3.90. The minimum absolute atomic E-state index is 0.224. The lowest BCUT2D eigenvalue weighted by atomic mass is 10.0. The molecule has 0 saturated carbocycles. The molecular weight excluding hydrogens is 252 g/mol. The quantitative estimate of drug-likeness (QED) is 0.917. The number of nitrogens with zero attached hydrogens (tertiary/aromatic N) is 1. The summed E-state index contributed by atoms with van der Waals surface area (Å²) in [4.78, 5) is 2.56. The van der Waals surface area contributed by atoms with Crippen LogP contribution in [0.15, 0.2) is 18.2 Å². The van der Waals surface area contributed by atoms with Gasteiger partial charge in [-0.2, -0.15) is 11.8 Å². The minimum Gasteiger partial charge on any atom is -0.369 e. The van der Waals surface area contributed by atoms with Gasteiger partial charge in [0, 0.05) is 35.8 Å². The Balaban J connectivity index is 2.22. The molecule has 0 spiro atoms. The van der Waals surface area contributed by atoms with Gasteiger partial charge < -0.3 is 10.6 Å². The van der Waals surface area contributed by atoms with E-state index in [4.69, 9.17) is 5.73 Å². The number of hydrogen-bond donors (Lipinski definition) is 1. The molecule has 1 saturated heterocycles. The van der Waals surface area contributed by atoms with E-state index in [0.29, 0.717) is 0 Å². The van der Waals surface area contributed by atoms with Crippen LogP contribution in [0.4, 0.5) is 5.69 Å². The first-order chi connectivity index (χ1) is 9.10. The van der Waals surface area contributed by atoms with E-state index < -0.39 is 0 Å². The third-order valence-corrected chi connectivity index (χ3v) is 5.08. The molecule has 0 bridgehead atoms. The third-order valence-electron chi connectivity index (χ3n) is 3.71. The summed E-state index contributed by atoms with van der Waals surface area (Å²) in [5, 5.41) is 0.776. The van der Waals surface area contributed by atoms with E-state index in [1.807, 2.05) is 0 Å². The summed E-state index contributed by atoms with van der Waals surface area (Å²) in [6, 6.07) is 7.04. The lowest BCUT2D eigenvalue weighted by Crippen LogP contribution is -2.38. The van der Waals surface area contributed by atoms with Gasteiger partial charge in [0.05, 0.1) is 0 Å². The molecule has 0 aliphatic carbocycles. The molecule has 2 N–H and O–H groups in total. The zero-order valence-corrected chi connectivity index (χ0v) is 13.2. The zero-order chi connectivity index (χ0) is 13.8. The van der Waals surface area contributed by atoms with Crippen molar-refractivity contribution in [3.63, 3.8) is 0 Å². The summed E-state index contributed by atoms with van der Waals surface area (Å²) in [5.41, 5.74) is 10.2. The summed E-state index contributed by atoms with van der Waals surface area (Å²) in [6.07, 6.45) is 2.23. The molecule has 19 heavy (non-hydrogen) atoms. The Labute approximate surface area is 121 Å². The van der Waals surface area contributed by atoms with Gasteiger partial charge in [-0.1, -0.05) is 24.6 Å². The SMILES string of the molecule is CCC1CN(c2ccc(C)cc2CC(C)N)CCS1. The maximum absolute atomic E-state index is 6.00. The molecule has 1 aromatic rings. The second-order valence-electron chi connectivity index (χ2n) is 5.66. The molecule has 1 aliphatic heterocycles. The van der Waals surface area contributed by atoms with Gasteiger partial charge in [-0.15, -0.1) is 0 Å². The number of anilines is 1. The van der Waals surface area contributed by atoms with Crippen LogP contribution < -0.4 is 10.6 Å². The second kappa shape index (κ2) is 6.67. The second-order valence-corrected chi connectivity index (χ2v) is 7.07. The number of aryl methyl sites for hydroxylation is 1. The van der Waals surface area contributed by atoms with Crippen LogP contribution in [0.2, 0.25) is 0 Å². The van der Waals surface area contributed by atoms with Crippen molar-refractivity contribution in [1.29, 1.82) is 0 Å². The first-order valence-corrected chi connectivity index (χ1v) is 8.36. The molecule has 0 radical (unpaired) electrons. The topological polar surface area (TPSA) is 29.3 Å². The first kappa shape index (κ1) is 14.7. The highest BCUT2D eigenvalue weighted by atomic mass is 32.2. The highest BCUT2D eigenvalue weighted by molar-refractivity contribution is 8.00. The van der Waals surface area contributed by atoms with E-state index in [0.717, 1.165) is 18.2 Å². The summed E-state index contributed by atoms with van der Waals surface area (Å²) in [5.74, 6) is 1.24. The molecule has 2 atom stereocenters. The van der Waals surface area contributed by atoms with Gasteiger partial charge >= 0.3 is 0 Å². The summed E-state index contributed by atoms with van der Waals surface area (Å²) >= 11 is 2.12. The van der Waals surface area contributed by atoms with Crippen LogP contribution in [0.3, 0.4) is 0 Å². The molecule has 3 heteroatoms. The van der Waals surface area contributed by atoms with Crippen molar-refractivity contribution in [1.82, 2.24) is 0 Å². The van der Waals surface area contributed by atoms with Crippen LogP contribution in [-0.2, 0) is 6.42 Å². The Hall–Kier alpha value is -0.670. The van der Waals surface area contributed by atoms with Gasteiger partial charge in [-0.25, -0.2) is 0 Å². The predicted octanol–water partition coefficient (Wildman–Crippen LogP) is 3.22. The van der Waals surface area contributed by atoms with Crippen molar-refractivity contribution in [2.45, 2.75) is 44.9 Å². The molecule has 0 aromatic heterocycles. The average molecular weight is 278 g/mol. The smallest absolute Gasteiger partial charge is 0.0400 e. The first-order valence-electron chi connectivity index (χ1n) is 7.31. The van der Waals surface area contributed by atoms with E-state index in [1.54, 1.807) is 0 Å². The van der Waals surface area contributed by atoms with Gasteiger partial charge in [0.25, 0.3) is 0 Å². The fraction of sp³-hybridized carbons (Fsp3) is 0.625. The lowest BCUT2D eigenvalue weighted by molar-refractivity contribution is 0.707. The van der Waals surface area contributed by atoms with E-state index in [9.17, 15) is 0 Å². The van der Waals surface area contributed by atoms with Gasteiger partial charge in [0.1, 0.15) is 0 Å². The molecule has 106 valence electrons. The fourth-order valence-electron chi connectivity index (χ4n) is 2.72. The van der Waals surface area contributed by atoms with E-state index in [-0.39, 0.29) is 6.04 Å². The molecule has 2 nitrogen and oxygen atoms in total. The Kier molecular flexibility index (Phi) is 5.17. The highest BCUT2D eigenvalue weighted by Crippen LogP contribution is 2.29. The van der Waals surface area contributed by atoms with Crippen LogP contribution in [0, 0.1) is 6.92 Å². The third kappa shape index (κ3) is 3.90. The van der Waals surface area contributed by atoms with Crippen molar-refractivity contribution in [3.8, 4) is 0 Å². The number of nitrogens with two attached hydrogens (primary N) is 1. The molecular formula is C16H26N2S. The van der Waals surface area contributed by atoms with Crippen LogP contribution in [0.5, 0.6) is 0 Å². The Morgan fingerprint density at radius 3 is 2.95 bits per heavy atom. The maximum Gasteiger partial charge on any atom is 0.0400 e. The lowest BCUT2D eigenvalue weighted by Gasteiger charge is -2.35. The number of thioether (sulfide) groups is 1. The zero-order valence-electron chi connectivity index (χ0n) is 12.4. The van der Waals surface area contributed by atoms with E-state index in [1.165, 1.54) is 35.5 Å². The molecule has 1 heterocycles. The minimum atomic E-state index is 0.224. The summed E-state index contributed by atoms with van der Waals surface area (Å²) in [6.45, 7) is 8.88. The molecule has 0 amide bonds. The summed E-state index contributed by atoms with van der Waals surface area (Å²) in [7, 11) is 0. The highest BCUT2D eigenvalue weighted by Gasteiger charge is 2.21. The van der Waals surface area contributed by atoms with Crippen molar-refractivity contribution < 1.29 is 0 Å². The predicted molar refractivity (Wildman–Crippen MR) is 87.3 cm³/mol. The van der Waals surface area contributed by atoms with Gasteiger partial charge in [0.2, 0.25) is 0 Å². The van der Waals surface area contributed by atoms with Crippen molar-refractivity contribution >= 4 is 17.4 Å². The van der Waals surface area contributed by atoms with E-state index >= 15 is 0 Å². The molecule has 1 aliphatic rings. The van der Waals surface area contributed by atoms with Crippen LogP contribution in [-0.4, -0.2) is 30.1 Å². The maximum atomic E-state index is 6.00. The van der Waals surface area contributed by atoms with Crippen molar-refractivity contribution in [2.24, 2.45) is 5.73 Å². The van der Waals surface area contributed by atoms with E-state index in [2.05, 4.69) is 55.6 Å². The standard InChI is InChI=1S/C16H26N2S/c1-4-15-11-18(7-8-19-15)16-6-5-12(2)9-14(16)10-13(3)17/h5-6,9,13,15H,4,7-8,10-11,17H2,1-3H3. The largest absolute Gasteiger partial charge is 0.369 e. The van der Waals surface area contributed by atoms with Gasteiger partial charge in [0.15, 0.2) is 0 Å². The molecule has 2 unspecified atom stereocenters.